The molecule has 3 aromatic rings. The second-order valence-electron chi connectivity index (χ2n) is 4.67. The molecule has 1 aromatic heterocycles. The Morgan fingerprint density at radius 3 is 2.65 bits per heavy atom. The SMILES string of the molecule is Cc1nc(-c2cccc(NCc3ccccc3)c2)cs1. The summed E-state index contributed by atoms with van der Waals surface area (Å²) in [5.41, 5.74) is 4.61. The van der Waals surface area contributed by atoms with Crippen LogP contribution >= 0.6 is 11.3 Å². The molecule has 0 atom stereocenters. The van der Waals surface area contributed by atoms with Crippen LogP contribution in [0, 0.1) is 6.92 Å². The second-order valence-corrected chi connectivity index (χ2v) is 5.73. The van der Waals surface area contributed by atoms with Gasteiger partial charge in [-0.1, -0.05) is 42.5 Å². The van der Waals surface area contributed by atoms with Crippen LogP contribution < -0.4 is 5.32 Å². The standard InChI is InChI=1S/C17H16N2S/c1-13-19-17(12-20-13)15-8-5-9-16(10-15)18-11-14-6-3-2-4-7-14/h2-10,12,18H,11H2,1H3. The van der Waals surface area contributed by atoms with E-state index in [0.29, 0.717) is 0 Å². The molecule has 3 heteroatoms. The van der Waals surface area contributed by atoms with Gasteiger partial charge in [-0.05, 0) is 24.6 Å². The molecule has 0 unspecified atom stereocenters. The van der Waals surface area contributed by atoms with Gasteiger partial charge in [0.15, 0.2) is 0 Å². The van der Waals surface area contributed by atoms with Gasteiger partial charge in [-0.3, -0.25) is 0 Å². The fraction of sp³-hybridized carbons (Fsp3) is 0.118. The number of hydrogen-bond acceptors (Lipinski definition) is 3. The minimum atomic E-state index is 0.834. The van der Waals surface area contributed by atoms with Crippen LogP contribution in [0.2, 0.25) is 0 Å². The minimum absolute atomic E-state index is 0.834. The van der Waals surface area contributed by atoms with Gasteiger partial charge < -0.3 is 5.32 Å². The van der Waals surface area contributed by atoms with Gasteiger partial charge >= 0.3 is 0 Å². The largest absolute Gasteiger partial charge is 0.381 e. The lowest BCUT2D eigenvalue weighted by molar-refractivity contribution is 1.15. The average Bonchev–Trinajstić information content (AvgIpc) is 2.93. The molecule has 0 amide bonds. The predicted molar refractivity (Wildman–Crippen MR) is 86.1 cm³/mol. The van der Waals surface area contributed by atoms with Crippen molar-refractivity contribution >= 4 is 17.0 Å². The summed E-state index contributed by atoms with van der Waals surface area (Å²) in [6.07, 6.45) is 0. The molecule has 0 spiro atoms. The highest BCUT2D eigenvalue weighted by Gasteiger charge is 2.03. The zero-order valence-corrected chi connectivity index (χ0v) is 12.2. The van der Waals surface area contributed by atoms with E-state index in [4.69, 9.17) is 0 Å². The fourth-order valence-corrected chi connectivity index (χ4v) is 2.71. The molecule has 2 aromatic carbocycles. The van der Waals surface area contributed by atoms with E-state index in [2.05, 4.69) is 64.2 Å². The molecule has 1 heterocycles. The molecule has 0 aliphatic carbocycles. The Balaban J connectivity index is 1.75. The van der Waals surface area contributed by atoms with E-state index < -0.39 is 0 Å². The van der Waals surface area contributed by atoms with Crippen LogP contribution in [0.1, 0.15) is 10.6 Å². The highest BCUT2D eigenvalue weighted by Crippen LogP contribution is 2.24. The van der Waals surface area contributed by atoms with Gasteiger partial charge in [0.1, 0.15) is 0 Å². The third kappa shape index (κ3) is 3.06. The van der Waals surface area contributed by atoms with E-state index in [-0.39, 0.29) is 0 Å². The molecule has 0 fully saturated rings. The van der Waals surface area contributed by atoms with Gasteiger partial charge in [0, 0.05) is 23.2 Å². The molecule has 0 saturated carbocycles. The molecule has 0 aliphatic rings. The highest BCUT2D eigenvalue weighted by atomic mass is 32.1. The minimum Gasteiger partial charge on any atom is -0.381 e. The zero-order chi connectivity index (χ0) is 13.8. The van der Waals surface area contributed by atoms with Crippen LogP contribution in [0.25, 0.3) is 11.3 Å². The monoisotopic (exact) mass is 280 g/mol. The van der Waals surface area contributed by atoms with Gasteiger partial charge in [-0.15, -0.1) is 11.3 Å². The Hall–Kier alpha value is -2.13. The van der Waals surface area contributed by atoms with E-state index in [1.165, 1.54) is 5.56 Å². The van der Waals surface area contributed by atoms with Crippen LogP contribution in [0.15, 0.2) is 60.0 Å². The molecule has 1 N–H and O–H groups in total. The number of benzene rings is 2. The van der Waals surface area contributed by atoms with Crippen molar-refractivity contribution < 1.29 is 0 Å². The van der Waals surface area contributed by atoms with Gasteiger partial charge in [-0.25, -0.2) is 4.98 Å². The van der Waals surface area contributed by atoms with Crippen LogP contribution in [0.3, 0.4) is 0 Å². The maximum Gasteiger partial charge on any atom is 0.0901 e. The van der Waals surface area contributed by atoms with Crippen molar-refractivity contribution in [1.82, 2.24) is 4.98 Å². The maximum absolute atomic E-state index is 4.53. The van der Waals surface area contributed by atoms with E-state index in [1.54, 1.807) is 11.3 Å². The van der Waals surface area contributed by atoms with Crippen LogP contribution in [-0.2, 0) is 6.54 Å². The molecule has 100 valence electrons. The number of hydrogen-bond donors (Lipinski definition) is 1. The van der Waals surface area contributed by atoms with Gasteiger partial charge in [-0.2, -0.15) is 0 Å². The number of thiazole rings is 1. The summed E-state index contributed by atoms with van der Waals surface area (Å²) >= 11 is 1.68. The quantitative estimate of drug-likeness (QED) is 0.747. The third-order valence-corrected chi connectivity index (χ3v) is 3.89. The Morgan fingerprint density at radius 2 is 1.90 bits per heavy atom. The summed E-state index contributed by atoms with van der Waals surface area (Å²) in [5.74, 6) is 0. The Kier molecular flexibility index (Phi) is 3.79. The number of aryl methyl sites for hydroxylation is 1. The predicted octanol–water partition coefficient (Wildman–Crippen LogP) is 4.73. The number of rotatable bonds is 4. The number of nitrogens with zero attached hydrogens (tertiary/aromatic N) is 1. The molecule has 0 radical (unpaired) electrons. The van der Waals surface area contributed by atoms with Crippen molar-refractivity contribution in [3.63, 3.8) is 0 Å². The molecule has 20 heavy (non-hydrogen) atoms. The Bertz CT molecular complexity index is 689. The van der Waals surface area contributed by atoms with Crippen molar-refractivity contribution in [1.29, 1.82) is 0 Å². The van der Waals surface area contributed by atoms with Gasteiger partial charge in [0.2, 0.25) is 0 Å². The summed E-state index contributed by atoms with van der Waals surface area (Å²) < 4.78 is 0. The zero-order valence-electron chi connectivity index (χ0n) is 11.3. The van der Waals surface area contributed by atoms with Crippen LogP contribution in [-0.4, -0.2) is 4.98 Å². The summed E-state index contributed by atoms with van der Waals surface area (Å²) in [6, 6.07) is 18.8. The number of aromatic nitrogens is 1. The molecule has 0 bridgehead atoms. The average molecular weight is 280 g/mol. The Labute approximate surface area is 123 Å². The summed E-state index contributed by atoms with van der Waals surface area (Å²) in [6.45, 7) is 2.87. The number of nitrogens with one attached hydrogen (secondary N) is 1. The fourth-order valence-electron chi connectivity index (χ4n) is 2.08. The topological polar surface area (TPSA) is 24.9 Å². The first kappa shape index (κ1) is 12.9. The van der Waals surface area contributed by atoms with E-state index in [0.717, 1.165) is 28.5 Å². The Morgan fingerprint density at radius 1 is 1.05 bits per heavy atom. The molecular weight excluding hydrogens is 264 g/mol. The van der Waals surface area contributed by atoms with Crippen molar-refractivity contribution in [3.05, 3.63) is 70.5 Å². The molecule has 2 nitrogen and oxygen atoms in total. The summed E-state index contributed by atoms with van der Waals surface area (Å²) in [7, 11) is 0. The molecular formula is C17H16N2S. The first-order valence-electron chi connectivity index (χ1n) is 6.61. The molecule has 3 rings (SSSR count). The highest BCUT2D eigenvalue weighted by molar-refractivity contribution is 7.09. The van der Waals surface area contributed by atoms with Gasteiger partial charge in [0.25, 0.3) is 0 Å². The van der Waals surface area contributed by atoms with Crippen molar-refractivity contribution in [2.75, 3.05) is 5.32 Å². The van der Waals surface area contributed by atoms with E-state index >= 15 is 0 Å². The van der Waals surface area contributed by atoms with Crippen LogP contribution in [0.4, 0.5) is 5.69 Å². The molecule has 0 saturated heterocycles. The second kappa shape index (κ2) is 5.88. The third-order valence-electron chi connectivity index (χ3n) is 3.12. The normalized spacial score (nSPS) is 10.4. The lowest BCUT2D eigenvalue weighted by Gasteiger charge is -2.07. The lowest BCUT2D eigenvalue weighted by atomic mass is 10.1. The summed E-state index contributed by atoms with van der Waals surface area (Å²) in [5, 5.41) is 6.66. The molecule has 0 aliphatic heterocycles. The van der Waals surface area contributed by atoms with Gasteiger partial charge in [0.05, 0.1) is 10.7 Å². The number of anilines is 1. The first-order chi connectivity index (χ1) is 9.81. The smallest absolute Gasteiger partial charge is 0.0901 e. The lowest BCUT2D eigenvalue weighted by Crippen LogP contribution is -1.98. The maximum atomic E-state index is 4.53. The van der Waals surface area contributed by atoms with E-state index in [9.17, 15) is 0 Å². The first-order valence-corrected chi connectivity index (χ1v) is 7.49. The van der Waals surface area contributed by atoms with Crippen molar-refractivity contribution in [2.45, 2.75) is 13.5 Å². The van der Waals surface area contributed by atoms with Crippen molar-refractivity contribution in [3.8, 4) is 11.3 Å². The van der Waals surface area contributed by atoms with E-state index in [1.807, 2.05) is 13.0 Å². The summed E-state index contributed by atoms with van der Waals surface area (Å²) in [4.78, 5) is 4.53. The van der Waals surface area contributed by atoms with Crippen LogP contribution in [0.5, 0.6) is 0 Å². The van der Waals surface area contributed by atoms with Crippen molar-refractivity contribution in [2.24, 2.45) is 0 Å².